The van der Waals surface area contributed by atoms with E-state index in [9.17, 15) is 0 Å². The Balaban J connectivity index is 1.44. The fourth-order valence-corrected chi connectivity index (χ4v) is 3.40. The Labute approximate surface area is 141 Å². The molecule has 2 aromatic carbocycles. The number of hydrogen-bond donors (Lipinski definition) is 1. The topological polar surface area (TPSA) is 60.0 Å². The molecule has 1 saturated heterocycles. The van der Waals surface area contributed by atoms with Crippen LogP contribution in [0.2, 0.25) is 0 Å². The van der Waals surface area contributed by atoms with Gasteiger partial charge < -0.3 is 5.73 Å². The Morgan fingerprint density at radius 1 is 0.958 bits per heavy atom. The molecule has 2 heterocycles. The van der Waals surface area contributed by atoms with Crippen LogP contribution in [-0.4, -0.2) is 39.0 Å². The molecular formula is C19H21N5. The van der Waals surface area contributed by atoms with E-state index in [4.69, 9.17) is 5.73 Å². The zero-order chi connectivity index (χ0) is 16.4. The molecule has 0 aliphatic carbocycles. The van der Waals surface area contributed by atoms with Crippen molar-refractivity contribution in [2.75, 3.05) is 13.1 Å². The third-order valence-corrected chi connectivity index (χ3v) is 4.62. The highest BCUT2D eigenvalue weighted by atomic mass is 15.4. The molecule has 1 aromatic heterocycles. The van der Waals surface area contributed by atoms with Crippen LogP contribution in [0, 0.1) is 0 Å². The second-order valence-corrected chi connectivity index (χ2v) is 6.37. The number of aromatic nitrogens is 3. The highest BCUT2D eigenvalue weighted by Gasteiger charge is 2.31. The van der Waals surface area contributed by atoms with Crippen molar-refractivity contribution in [1.82, 2.24) is 19.9 Å². The third-order valence-electron chi connectivity index (χ3n) is 4.62. The van der Waals surface area contributed by atoms with Gasteiger partial charge in [-0.25, -0.2) is 4.68 Å². The molecule has 0 amide bonds. The summed E-state index contributed by atoms with van der Waals surface area (Å²) in [6, 6.07) is 20.7. The molecule has 5 nitrogen and oxygen atoms in total. The summed E-state index contributed by atoms with van der Waals surface area (Å²) >= 11 is 0. The molecule has 1 aliphatic heterocycles. The second-order valence-electron chi connectivity index (χ2n) is 6.37. The summed E-state index contributed by atoms with van der Waals surface area (Å²) in [5, 5.41) is 8.54. The van der Waals surface area contributed by atoms with Gasteiger partial charge in [0.1, 0.15) is 0 Å². The lowest BCUT2D eigenvalue weighted by Crippen LogP contribution is -2.28. The van der Waals surface area contributed by atoms with Gasteiger partial charge in [0.15, 0.2) is 0 Å². The van der Waals surface area contributed by atoms with Crippen LogP contribution in [-0.2, 0) is 6.54 Å². The Bertz CT molecular complexity index is 784. The minimum Gasteiger partial charge on any atom is -0.326 e. The molecule has 2 N–H and O–H groups in total. The SMILES string of the molecule is N[C@@H]1CN(Cc2cn(-c3ccccc3)nn2)C[C@H]1c1ccccc1. The first kappa shape index (κ1) is 15.1. The highest BCUT2D eigenvalue weighted by molar-refractivity contribution is 5.30. The van der Waals surface area contributed by atoms with Crippen LogP contribution >= 0.6 is 0 Å². The maximum atomic E-state index is 6.37. The number of nitrogens with zero attached hydrogens (tertiary/aromatic N) is 4. The van der Waals surface area contributed by atoms with Crippen LogP contribution < -0.4 is 5.73 Å². The molecule has 4 rings (SSSR count). The van der Waals surface area contributed by atoms with E-state index in [1.165, 1.54) is 5.56 Å². The number of rotatable bonds is 4. The van der Waals surface area contributed by atoms with Gasteiger partial charge in [0.2, 0.25) is 0 Å². The lowest BCUT2D eigenvalue weighted by Gasteiger charge is -2.14. The number of hydrogen-bond acceptors (Lipinski definition) is 4. The Morgan fingerprint density at radius 2 is 1.67 bits per heavy atom. The lowest BCUT2D eigenvalue weighted by atomic mass is 9.95. The van der Waals surface area contributed by atoms with E-state index in [1.807, 2.05) is 47.3 Å². The van der Waals surface area contributed by atoms with Gasteiger partial charge in [-0.3, -0.25) is 4.90 Å². The van der Waals surface area contributed by atoms with E-state index in [2.05, 4.69) is 39.5 Å². The van der Waals surface area contributed by atoms with Gasteiger partial charge in [0.25, 0.3) is 0 Å². The first-order valence-corrected chi connectivity index (χ1v) is 8.29. The standard InChI is InChI=1S/C19H21N5/c20-19-14-23(13-18(19)15-7-3-1-4-8-15)11-16-12-24(22-21-16)17-9-5-2-6-10-17/h1-10,12,18-19H,11,13-14,20H2/t18-,19+/m0/s1. The number of para-hydroxylation sites is 1. The molecule has 3 aromatic rings. The van der Waals surface area contributed by atoms with Gasteiger partial charge in [-0.2, -0.15) is 0 Å². The van der Waals surface area contributed by atoms with Crippen molar-refractivity contribution >= 4 is 0 Å². The van der Waals surface area contributed by atoms with Crippen LogP contribution in [0.15, 0.2) is 66.9 Å². The average molecular weight is 319 g/mol. The summed E-state index contributed by atoms with van der Waals surface area (Å²) in [5.41, 5.74) is 9.68. The summed E-state index contributed by atoms with van der Waals surface area (Å²) in [7, 11) is 0. The van der Waals surface area contributed by atoms with Crippen LogP contribution in [0.4, 0.5) is 0 Å². The molecule has 2 atom stereocenters. The average Bonchev–Trinajstić information content (AvgIpc) is 3.23. The Morgan fingerprint density at radius 3 is 2.42 bits per heavy atom. The van der Waals surface area contributed by atoms with Crippen LogP contribution in [0.25, 0.3) is 5.69 Å². The Kier molecular flexibility index (Phi) is 4.11. The fourth-order valence-electron chi connectivity index (χ4n) is 3.40. The predicted molar refractivity (Wildman–Crippen MR) is 93.8 cm³/mol. The zero-order valence-corrected chi connectivity index (χ0v) is 13.5. The molecule has 0 unspecified atom stereocenters. The fraction of sp³-hybridized carbons (Fsp3) is 0.263. The summed E-state index contributed by atoms with van der Waals surface area (Å²) in [6.07, 6.45) is 2.00. The largest absolute Gasteiger partial charge is 0.326 e. The smallest absolute Gasteiger partial charge is 0.0971 e. The normalized spacial score (nSPS) is 21.2. The quantitative estimate of drug-likeness (QED) is 0.801. The molecule has 1 aliphatic rings. The van der Waals surface area contributed by atoms with Gasteiger partial charge in [-0.15, -0.1) is 5.10 Å². The molecule has 122 valence electrons. The third kappa shape index (κ3) is 3.09. The summed E-state index contributed by atoms with van der Waals surface area (Å²) in [5.74, 6) is 0.385. The predicted octanol–water partition coefficient (Wildman–Crippen LogP) is 2.19. The minimum atomic E-state index is 0.163. The second kappa shape index (κ2) is 6.55. The van der Waals surface area contributed by atoms with Crippen molar-refractivity contribution in [2.45, 2.75) is 18.5 Å². The van der Waals surface area contributed by atoms with E-state index in [0.717, 1.165) is 31.0 Å². The summed E-state index contributed by atoms with van der Waals surface area (Å²) in [4.78, 5) is 2.36. The van der Waals surface area contributed by atoms with E-state index in [1.54, 1.807) is 0 Å². The van der Waals surface area contributed by atoms with Crippen LogP contribution in [0.3, 0.4) is 0 Å². The summed E-state index contributed by atoms with van der Waals surface area (Å²) in [6.45, 7) is 2.63. The number of nitrogens with two attached hydrogens (primary N) is 1. The highest BCUT2D eigenvalue weighted by Crippen LogP contribution is 2.27. The maximum absolute atomic E-state index is 6.37. The van der Waals surface area contributed by atoms with Gasteiger partial charge in [-0.05, 0) is 17.7 Å². The molecule has 1 fully saturated rings. The summed E-state index contributed by atoms with van der Waals surface area (Å²) < 4.78 is 1.82. The number of likely N-dealkylation sites (tertiary alicyclic amines) is 1. The molecule has 0 radical (unpaired) electrons. The zero-order valence-electron chi connectivity index (χ0n) is 13.5. The number of benzene rings is 2. The van der Waals surface area contributed by atoms with Crippen molar-refractivity contribution in [3.05, 3.63) is 78.1 Å². The lowest BCUT2D eigenvalue weighted by molar-refractivity contribution is 0.319. The van der Waals surface area contributed by atoms with Gasteiger partial charge in [0.05, 0.1) is 17.6 Å². The van der Waals surface area contributed by atoms with E-state index >= 15 is 0 Å². The molecule has 0 bridgehead atoms. The van der Waals surface area contributed by atoms with Gasteiger partial charge >= 0.3 is 0 Å². The Hall–Kier alpha value is -2.50. The van der Waals surface area contributed by atoms with E-state index in [-0.39, 0.29) is 6.04 Å². The molecule has 0 spiro atoms. The first-order chi connectivity index (χ1) is 11.8. The first-order valence-electron chi connectivity index (χ1n) is 8.29. The van der Waals surface area contributed by atoms with Crippen molar-refractivity contribution in [3.63, 3.8) is 0 Å². The van der Waals surface area contributed by atoms with Crippen molar-refractivity contribution < 1.29 is 0 Å². The van der Waals surface area contributed by atoms with Crippen LogP contribution in [0.5, 0.6) is 0 Å². The van der Waals surface area contributed by atoms with Gasteiger partial charge in [0, 0.05) is 31.6 Å². The molecular weight excluding hydrogens is 298 g/mol. The van der Waals surface area contributed by atoms with Crippen molar-refractivity contribution in [2.24, 2.45) is 5.73 Å². The van der Waals surface area contributed by atoms with E-state index in [0.29, 0.717) is 5.92 Å². The van der Waals surface area contributed by atoms with Gasteiger partial charge in [-0.1, -0.05) is 53.7 Å². The van der Waals surface area contributed by atoms with Crippen LogP contribution in [0.1, 0.15) is 17.2 Å². The van der Waals surface area contributed by atoms with E-state index < -0.39 is 0 Å². The minimum absolute atomic E-state index is 0.163. The maximum Gasteiger partial charge on any atom is 0.0971 e. The molecule has 24 heavy (non-hydrogen) atoms. The monoisotopic (exact) mass is 319 g/mol. The van der Waals surface area contributed by atoms with Crippen molar-refractivity contribution in [3.8, 4) is 5.69 Å². The van der Waals surface area contributed by atoms with Crippen molar-refractivity contribution in [1.29, 1.82) is 0 Å². The molecule has 0 saturated carbocycles. The molecule has 5 heteroatoms.